The first-order valence-electron chi connectivity index (χ1n) is 5.86. The van der Waals surface area contributed by atoms with Crippen LogP contribution in [0.4, 0.5) is 8.78 Å². The highest BCUT2D eigenvalue weighted by atomic mass is 32.1. The molecule has 0 fully saturated rings. The van der Waals surface area contributed by atoms with Gasteiger partial charge in [0.25, 0.3) is 0 Å². The van der Waals surface area contributed by atoms with Crippen LogP contribution in [0.2, 0.25) is 0 Å². The smallest absolute Gasteiger partial charge is 0.195 e. The number of allylic oxidation sites excluding steroid dienone is 1. The summed E-state index contributed by atoms with van der Waals surface area (Å²) in [5.41, 5.74) is 0.458. The van der Waals surface area contributed by atoms with Crippen LogP contribution in [0.15, 0.2) is 36.4 Å². The van der Waals surface area contributed by atoms with Crippen LogP contribution in [0.25, 0.3) is 6.08 Å². The molecule has 0 saturated heterocycles. The molecule has 0 atom stereocenters. The van der Waals surface area contributed by atoms with Crippen molar-refractivity contribution >= 4 is 23.2 Å². The number of ketones is 1. The first kappa shape index (κ1) is 13.6. The second-order valence-electron chi connectivity index (χ2n) is 3.99. The standard InChI is InChI=1S/C15H12F2OS/c1-2-11-5-8-15(19-11)14(18)7-4-10-3-6-12(16)13(17)9-10/h3-9H,2H2,1H3. The number of aryl methyl sites for hydroxylation is 1. The third-order valence-corrected chi connectivity index (χ3v) is 3.87. The van der Waals surface area contributed by atoms with E-state index in [1.807, 2.05) is 13.0 Å². The zero-order chi connectivity index (χ0) is 13.8. The van der Waals surface area contributed by atoms with Gasteiger partial charge in [0.2, 0.25) is 0 Å². The average molecular weight is 278 g/mol. The summed E-state index contributed by atoms with van der Waals surface area (Å²) < 4.78 is 25.7. The predicted octanol–water partition coefficient (Wildman–Crippen LogP) is 4.48. The topological polar surface area (TPSA) is 17.1 Å². The van der Waals surface area contributed by atoms with E-state index in [-0.39, 0.29) is 5.78 Å². The van der Waals surface area contributed by atoms with E-state index in [1.54, 1.807) is 6.07 Å². The maximum absolute atomic E-state index is 13.0. The molecule has 19 heavy (non-hydrogen) atoms. The molecule has 2 rings (SSSR count). The van der Waals surface area contributed by atoms with Crippen molar-refractivity contribution in [1.29, 1.82) is 0 Å². The molecule has 1 aromatic carbocycles. The predicted molar refractivity (Wildman–Crippen MR) is 73.4 cm³/mol. The normalized spacial score (nSPS) is 11.1. The highest BCUT2D eigenvalue weighted by Crippen LogP contribution is 2.18. The van der Waals surface area contributed by atoms with Gasteiger partial charge in [0.1, 0.15) is 0 Å². The van der Waals surface area contributed by atoms with Crippen molar-refractivity contribution in [2.75, 3.05) is 0 Å². The SMILES string of the molecule is CCc1ccc(C(=O)C=Cc2ccc(F)c(F)c2)s1. The molecule has 0 spiro atoms. The van der Waals surface area contributed by atoms with Crippen LogP contribution in [0.5, 0.6) is 0 Å². The minimum Gasteiger partial charge on any atom is -0.288 e. The van der Waals surface area contributed by atoms with Crippen LogP contribution < -0.4 is 0 Å². The lowest BCUT2D eigenvalue weighted by Crippen LogP contribution is -1.89. The zero-order valence-electron chi connectivity index (χ0n) is 10.3. The van der Waals surface area contributed by atoms with Gasteiger partial charge in [-0.05, 0) is 42.3 Å². The minimum absolute atomic E-state index is 0.130. The molecule has 0 unspecified atom stereocenters. The van der Waals surface area contributed by atoms with Crippen LogP contribution in [0.3, 0.4) is 0 Å². The number of carbonyl (C=O) groups excluding carboxylic acids is 1. The molecule has 1 nitrogen and oxygen atoms in total. The van der Waals surface area contributed by atoms with E-state index >= 15 is 0 Å². The number of benzene rings is 1. The Kier molecular flexibility index (Phi) is 4.22. The van der Waals surface area contributed by atoms with Gasteiger partial charge >= 0.3 is 0 Å². The van der Waals surface area contributed by atoms with Crippen LogP contribution in [0, 0.1) is 11.6 Å². The van der Waals surface area contributed by atoms with Gasteiger partial charge in [-0.3, -0.25) is 4.79 Å². The summed E-state index contributed by atoms with van der Waals surface area (Å²) >= 11 is 1.45. The van der Waals surface area contributed by atoms with Crippen molar-refractivity contribution in [3.8, 4) is 0 Å². The Morgan fingerprint density at radius 3 is 2.63 bits per heavy atom. The Hall–Kier alpha value is -1.81. The lowest BCUT2D eigenvalue weighted by molar-refractivity contribution is 0.105. The summed E-state index contributed by atoms with van der Waals surface area (Å²) in [6.45, 7) is 2.03. The van der Waals surface area contributed by atoms with Crippen molar-refractivity contribution in [2.24, 2.45) is 0 Å². The van der Waals surface area contributed by atoms with E-state index in [0.29, 0.717) is 10.4 Å². The van der Waals surface area contributed by atoms with Gasteiger partial charge in [-0.2, -0.15) is 0 Å². The maximum atomic E-state index is 13.0. The average Bonchev–Trinajstić information content (AvgIpc) is 2.88. The van der Waals surface area contributed by atoms with Crippen molar-refractivity contribution in [3.05, 3.63) is 63.4 Å². The van der Waals surface area contributed by atoms with Crippen molar-refractivity contribution < 1.29 is 13.6 Å². The number of thiophene rings is 1. The summed E-state index contributed by atoms with van der Waals surface area (Å²) in [6, 6.07) is 7.23. The lowest BCUT2D eigenvalue weighted by atomic mass is 10.2. The van der Waals surface area contributed by atoms with Crippen molar-refractivity contribution in [2.45, 2.75) is 13.3 Å². The summed E-state index contributed by atoms with van der Waals surface area (Å²) in [5, 5.41) is 0. The molecular formula is C15H12F2OS. The number of carbonyl (C=O) groups is 1. The molecule has 2 aromatic rings. The monoisotopic (exact) mass is 278 g/mol. The van der Waals surface area contributed by atoms with Crippen LogP contribution >= 0.6 is 11.3 Å². The fourth-order valence-electron chi connectivity index (χ4n) is 1.57. The minimum atomic E-state index is -0.918. The summed E-state index contributed by atoms with van der Waals surface area (Å²) in [6.07, 6.45) is 3.75. The van der Waals surface area contributed by atoms with E-state index in [9.17, 15) is 13.6 Å². The molecule has 0 saturated carbocycles. The first-order valence-corrected chi connectivity index (χ1v) is 6.68. The number of hydrogen-bond acceptors (Lipinski definition) is 2. The number of rotatable bonds is 4. The Balaban J connectivity index is 2.13. The summed E-state index contributed by atoms with van der Waals surface area (Å²) in [7, 11) is 0. The summed E-state index contributed by atoms with van der Waals surface area (Å²) in [4.78, 5) is 13.6. The summed E-state index contributed by atoms with van der Waals surface area (Å²) in [5.74, 6) is -1.94. The Morgan fingerprint density at radius 1 is 1.21 bits per heavy atom. The molecule has 0 bridgehead atoms. The number of hydrogen-bond donors (Lipinski definition) is 0. The van der Waals surface area contributed by atoms with E-state index in [1.165, 1.54) is 29.6 Å². The fraction of sp³-hybridized carbons (Fsp3) is 0.133. The maximum Gasteiger partial charge on any atom is 0.195 e. The Morgan fingerprint density at radius 2 is 2.00 bits per heavy atom. The molecule has 0 aliphatic carbocycles. The zero-order valence-corrected chi connectivity index (χ0v) is 11.1. The molecule has 0 aliphatic rings. The fourth-order valence-corrected chi connectivity index (χ4v) is 2.44. The molecule has 0 radical (unpaired) electrons. The molecular weight excluding hydrogens is 266 g/mol. The lowest BCUT2D eigenvalue weighted by Gasteiger charge is -1.95. The first-order chi connectivity index (χ1) is 9.10. The van der Waals surface area contributed by atoms with E-state index in [2.05, 4.69) is 0 Å². The van der Waals surface area contributed by atoms with Gasteiger partial charge in [0.05, 0.1) is 4.88 Å². The number of halogens is 2. The largest absolute Gasteiger partial charge is 0.288 e. The highest BCUT2D eigenvalue weighted by Gasteiger charge is 2.06. The molecule has 98 valence electrons. The van der Waals surface area contributed by atoms with E-state index in [4.69, 9.17) is 0 Å². The third-order valence-electron chi connectivity index (χ3n) is 2.62. The van der Waals surface area contributed by atoms with Gasteiger partial charge in [-0.15, -0.1) is 11.3 Å². The van der Waals surface area contributed by atoms with Gasteiger partial charge in [-0.25, -0.2) is 8.78 Å². The van der Waals surface area contributed by atoms with Crippen LogP contribution in [-0.4, -0.2) is 5.78 Å². The Bertz CT molecular complexity index is 629. The Labute approximate surface area is 114 Å². The van der Waals surface area contributed by atoms with Crippen LogP contribution in [0.1, 0.15) is 27.0 Å². The van der Waals surface area contributed by atoms with Crippen LogP contribution in [-0.2, 0) is 6.42 Å². The third kappa shape index (κ3) is 3.35. The molecule has 0 amide bonds. The molecule has 0 aliphatic heterocycles. The second-order valence-corrected chi connectivity index (χ2v) is 5.16. The second kappa shape index (κ2) is 5.89. The highest BCUT2D eigenvalue weighted by molar-refractivity contribution is 7.14. The van der Waals surface area contributed by atoms with Gasteiger partial charge in [0, 0.05) is 4.88 Å². The van der Waals surface area contributed by atoms with Gasteiger partial charge in [-0.1, -0.05) is 19.1 Å². The van der Waals surface area contributed by atoms with Gasteiger partial charge in [0.15, 0.2) is 17.4 Å². The molecule has 0 N–H and O–H groups in total. The van der Waals surface area contributed by atoms with Crippen molar-refractivity contribution in [1.82, 2.24) is 0 Å². The van der Waals surface area contributed by atoms with E-state index < -0.39 is 11.6 Å². The van der Waals surface area contributed by atoms with E-state index in [0.717, 1.165) is 23.4 Å². The molecule has 1 heterocycles. The molecule has 4 heteroatoms. The van der Waals surface area contributed by atoms with Crippen molar-refractivity contribution in [3.63, 3.8) is 0 Å². The van der Waals surface area contributed by atoms with Gasteiger partial charge < -0.3 is 0 Å². The quantitative estimate of drug-likeness (QED) is 0.595. The molecule has 1 aromatic heterocycles.